The van der Waals surface area contributed by atoms with Gasteiger partial charge in [0.15, 0.2) is 0 Å². The Hall–Kier alpha value is -0.910. The van der Waals surface area contributed by atoms with Gasteiger partial charge in [-0.2, -0.15) is 0 Å². The summed E-state index contributed by atoms with van der Waals surface area (Å²) in [6, 6.07) is 5.40. The highest BCUT2D eigenvalue weighted by molar-refractivity contribution is 7.89. The van der Waals surface area contributed by atoms with Crippen LogP contribution in [0, 0.1) is 12.8 Å². The summed E-state index contributed by atoms with van der Waals surface area (Å²) in [5, 5.41) is 3.05. The normalized spacial score (nSPS) is 23.1. The Bertz CT molecular complexity index is 540. The van der Waals surface area contributed by atoms with E-state index in [0.29, 0.717) is 17.4 Å². The molecule has 2 N–H and O–H groups in total. The Morgan fingerprint density at radius 1 is 1.39 bits per heavy atom. The highest BCUT2D eigenvalue weighted by atomic mass is 32.2. The first-order valence-electron chi connectivity index (χ1n) is 6.20. The van der Waals surface area contributed by atoms with Crippen LogP contribution in [0.2, 0.25) is 0 Å². The fraction of sp³-hybridized carbons (Fsp3) is 0.538. The van der Waals surface area contributed by atoms with Crippen LogP contribution in [0.15, 0.2) is 23.1 Å². The largest absolute Gasteiger partial charge is 0.316 e. The van der Waals surface area contributed by atoms with Crippen LogP contribution in [0.3, 0.4) is 0 Å². The van der Waals surface area contributed by atoms with E-state index in [9.17, 15) is 8.42 Å². The van der Waals surface area contributed by atoms with Crippen molar-refractivity contribution in [1.82, 2.24) is 10.0 Å². The maximum Gasteiger partial charge on any atom is 0.240 e. The summed E-state index contributed by atoms with van der Waals surface area (Å²) in [7, 11) is -1.51. The van der Waals surface area contributed by atoms with Gasteiger partial charge in [0.2, 0.25) is 10.0 Å². The SMILES string of the molecule is CNCc1cc(S(=O)(=O)NC2CC2C)ccc1C. The minimum Gasteiger partial charge on any atom is -0.316 e. The molecule has 0 spiro atoms. The molecule has 100 valence electrons. The summed E-state index contributed by atoms with van der Waals surface area (Å²) < 4.78 is 27.1. The zero-order valence-corrected chi connectivity index (χ0v) is 11.8. The lowest BCUT2D eigenvalue weighted by Gasteiger charge is -2.10. The van der Waals surface area contributed by atoms with Crippen molar-refractivity contribution in [3.8, 4) is 0 Å². The van der Waals surface area contributed by atoms with Crippen LogP contribution in [0.4, 0.5) is 0 Å². The molecule has 1 aromatic carbocycles. The van der Waals surface area contributed by atoms with Gasteiger partial charge in [0, 0.05) is 12.6 Å². The van der Waals surface area contributed by atoms with Gasteiger partial charge in [0.1, 0.15) is 0 Å². The van der Waals surface area contributed by atoms with Crippen molar-refractivity contribution >= 4 is 10.0 Å². The minimum absolute atomic E-state index is 0.115. The average molecular weight is 268 g/mol. The van der Waals surface area contributed by atoms with E-state index in [0.717, 1.165) is 17.5 Å². The number of hydrogen-bond donors (Lipinski definition) is 2. The molecule has 0 amide bonds. The van der Waals surface area contributed by atoms with E-state index in [2.05, 4.69) is 17.0 Å². The predicted molar refractivity (Wildman–Crippen MR) is 71.8 cm³/mol. The molecule has 1 fully saturated rings. The monoisotopic (exact) mass is 268 g/mol. The van der Waals surface area contributed by atoms with Crippen LogP contribution in [0.5, 0.6) is 0 Å². The second-order valence-electron chi connectivity index (χ2n) is 5.06. The fourth-order valence-corrected chi connectivity index (χ4v) is 3.36. The maximum atomic E-state index is 12.2. The molecule has 0 aromatic heterocycles. The van der Waals surface area contributed by atoms with Gasteiger partial charge in [-0.25, -0.2) is 13.1 Å². The molecule has 1 aromatic rings. The third-order valence-electron chi connectivity index (χ3n) is 3.41. The molecule has 1 aliphatic carbocycles. The lowest BCUT2D eigenvalue weighted by molar-refractivity contribution is 0.578. The lowest BCUT2D eigenvalue weighted by Crippen LogP contribution is -2.27. The van der Waals surface area contributed by atoms with E-state index in [-0.39, 0.29) is 6.04 Å². The molecule has 4 nitrogen and oxygen atoms in total. The van der Waals surface area contributed by atoms with Gasteiger partial charge in [-0.1, -0.05) is 13.0 Å². The second kappa shape index (κ2) is 4.99. The maximum absolute atomic E-state index is 12.2. The first kappa shape index (κ1) is 13.5. The molecule has 0 bridgehead atoms. The molecule has 0 heterocycles. The number of rotatable bonds is 5. The van der Waals surface area contributed by atoms with E-state index in [1.807, 2.05) is 20.0 Å². The van der Waals surface area contributed by atoms with Crippen molar-refractivity contribution in [1.29, 1.82) is 0 Å². The zero-order valence-electron chi connectivity index (χ0n) is 11.0. The molecule has 18 heavy (non-hydrogen) atoms. The Morgan fingerprint density at radius 2 is 2.06 bits per heavy atom. The van der Waals surface area contributed by atoms with Crippen LogP contribution in [0.1, 0.15) is 24.5 Å². The third kappa shape index (κ3) is 2.91. The Kier molecular flexibility index (Phi) is 3.75. The van der Waals surface area contributed by atoms with E-state index in [1.165, 1.54) is 0 Å². The summed E-state index contributed by atoms with van der Waals surface area (Å²) in [5.74, 6) is 0.460. The average Bonchev–Trinajstić information content (AvgIpc) is 2.96. The van der Waals surface area contributed by atoms with Gasteiger partial charge < -0.3 is 5.32 Å². The molecule has 2 unspecified atom stereocenters. The van der Waals surface area contributed by atoms with Gasteiger partial charge in [0.25, 0.3) is 0 Å². The number of aryl methyl sites for hydroxylation is 1. The highest BCUT2D eigenvalue weighted by Crippen LogP contribution is 2.30. The molecule has 0 aliphatic heterocycles. The third-order valence-corrected chi connectivity index (χ3v) is 4.90. The zero-order chi connectivity index (χ0) is 13.3. The van der Waals surface area contributed by atoms with E-state index in [1.54, 1.807) is 12.1 Å². The summed E-state index contributed by atoms with van der Waals surface area (Å²) in [6.45, 7) is 4.71. The molecule has 5 heteroatoms. The Labute approximate surface area is 109 Å². The number of sulfonamides is 1. The fourth-order valence-electron chi connectivity index (χ4n) is 1.95. The van der Waals surface area contributed by atoms with Gasteiger partial charge in [-0.3, -0.25) is 0 Å². The van der Waals surface area contributed by atoms with Crippen LogP contribution >= 0.6 is 0 Å². The van der Waals surface area contributed by atoms with Crippen molar-refractivity contribution in [3.63, 3.8) is 0 Å². The van der Waals surface area contributed by atoms with Crippen molar-refractivity contribution in [2.75, 3.05) is 7.05 Å². The van der Waals surface area contributed by atoms with Crippen LogP contribution < -0.4 is 10.0 Å². The Morgan fingerprint density at radius 3 is 2.61 bits per heavy atom. The number of benzene rings is 1. The van der Waals surface area contributed by atoms with Gasteiger partial charge in [-0.05, 0) is 49.6 Å². The lowest BCUT2D eigenvalue weighted by atomic mass is 10.1. The smallest absolute Gasteiger partial charge is 0.240 e. The predicted octanol–water partition coefficient (Wildman–Crippen LogP) is 1.40. The summed E-state index contributed by atoms with van der Waals surface area (Å²) in [4.78, 5) is 0.359. The number of nitrogens with one attached hydrogen (secondary N) is 2. The van der Waals surface area contributed by atoms with Gasteiger partial charge >= 0.3 is 0 Å². The van der Waals surface area contributed by atoms with Crippen LogP contribution in [-0.4, -0.2) is 21.5 Å². The molecule has 1 aliphatic rings. The second-order valence-corrected chi connectivity index (χ2v) is 6.77. The van der Waals surface area contributed by atoms with Crippen LogP contribution in [-0.2, 0) is 16.6 Å². The first-order valence-corrected chi connectivity index (χ1v) is 7.69. The van der Waals surface area contributed by atoms with E-state index in [4.69, 9.17) is 0 Å². The highest BCUT2D eigenvalue weighted by Gasteiger charge is 2.36. The van der Waals surface area contributed by atoms with E-state index >= 15 is 0 Å². The number of hydrogen-bond acceptors (Lipinski definition) is 3. The first-order chi connectivity index (χ1) is 8.44. The summed E-state index contributed by atoms with van der Waals surface area (Å²) in [5.41, 5.74) is 2.12. The van der Waals surface area contributed by atoms with Crippen molar-refractivity contribution in [2.24, 2.45) is 5.92 Å². The van der Waals surface area contributed by atoms with E-state index < -0.39 is 10.0 Å². The summed E-state index contributed by atoms with van der Waals surface area (Å²) >= 11 is 0. The molecule has 2 rings (SSSR count). The van der Waals surface area contributed by atoms with Crippen LogP contribution in [0.25, 0.3) is 0 Å². The van der Waals surface area contributed by atoms with Crippen molar-refractivity contribution < 1.29 is 8.42 Å². The molecule has 0 saturated heterocycles. The standard InChI is InChI=1S/C13H20N2O2S/c1-9-4-5-12(7-11(9)8-14-3)18(16,17)15-13-6-10(13)2/h4-5,7,10,13-15H,6,8H2,1-3H3. The van der Waals surface area contributed by atoms with Gasteiger partial charge in [0.05, 0.1) is 4.90 Å². The molecule has 1 saturated carbocycles. The van der Waals surface area contributed by atoms with Crippen molar-refractivity contribution in [3.05, 3.63) is 29.3 Å². The molecule has 0 radical (unpaired) electrons. The van der Waals surface area contributed by atoms with Gasteiger partial charge in [-0.15, -0.1) is 0 Å². The topological polar surface area (TPSA) is 58.2 Å². The molecular formula is C13H20N2O2S. The Balaban J connectivity index is 2.24. The summed E-state index contributed by atoms with van der Waals surface area (Å²) in [6.07, 6.45) is 0.939. The van der Waals surface area contributed by atoms with Crippen molar-refractivity contribution in [2.45, 2.75) is 37.8 Å². The quantitative estimate of drug-likeness (QED) is 0.848. The molecule has 2 atom stereocenters. The minimum atomic E-state index is -3.37. The molecular weight excluding hydrogens is 248 g/mol.